The van der Waals surface area contributed by atoms with E-state index in [1.165, 1.54) is 0 Å². The Morgan fingerprint density at radius 1 is 1.17 bits per heavy atom. The summed E-state index contributed by atoms with van der Waals surface area (Å²) in [5.74, 6) is -1.67. The number of hydrogen-bond acceptors (Lipinski definition) is 7. The van der Waals surface area contributed by atoms with Gasteiger partial charge >= 0.3 is 5.97 Å². The number of imide groups is 1. The second-order valence-corrected chi connectivity index (χ2v) is 7.34. The SMILES string of the molecule is O=C(O)CCCCCCCNc1cccc2nnn(C3CCC(=O)NC3=O)c(=O)c12. The Hall–Kier alpha value is -3.30. The van der Waals surface area contributed by atoms with E-state index in [4.69, 9.17) is 5.11 Å². The maximum atomic E-state index is 13.0. The fraction of sp³-hybridized carbons (Fsp3) is 0.500. The van der Waals surface area contributed by atoms with Gasteiger partial charge in [0.25, 0.3) is 11.5 Å². The monoisotopic (exact) mass is 415 g/mol. The first-order chi connectivity index (χ1) is 14.5. The standard InChI is InChI=1S/C20H25N5O5/c26-16-11-10-15(19(29)22-16)25-20(30)18-13(7-6-8-14(18)23-24-25)21-12-5-3-1-2-4-9-17(27)28/h6-8,15,21H,1-5,9-12H2,(H,27,28)(H,22,26,29). The molecule has 0 aliphatic carbocycles. The number of unbranched alkanes of at least 4 members (excludes halogenated alkanes) is 4. The van der Waals surface area contributed by atoms with Gasteiger partial charge in [-0.05, 0) is 31.4 Å². The van der Waals surface area contributed by atoms with Gasteiger partial charge in [0.1, 0.15) is 11.6 Å². The second kappa shape index (κ2) is 9.95. The lowest BCUT2D eigenvalue weighted by Crippen LogP contribution is -2.45. The minimum atomic E-state index is -0.856. The van der Waals surface area contributed by atoms with Crippen LogP contribution in [0.2, 0.25) is 0 Å². The number of benzene rings is 1. The molecule has 160 valence electrons. The fourth-order valence-electron chi connectivity index (χ4n) is 3.52. The summed E-state index contributed by atoms with van der Waals surface area (Å²) in [7, 11) is 0. The Kier molecular flexibility index (Phi) is 7.10. The molecular weight excluding hydrogens is 390 g/mol. The molecule has 1 atom stereocenters. The number of aromatic nitrogens is 3. The molecule has 10 heteroatoms. The van der Waals surface area contributed by atoms with Crippen molar-refractivity contribution in [1.29, 1.82) is 0 Å². The van der Waals surface area contributed by atoms with Gasteiger partial charge < -0.3 is 10.4 Å². The molecule has 0 bridgehead atoms. The summed E-state index contributed by atoms with van der Waals surface area (Å²) < 4.78 is 1.05. The lowest BCUT2D eigenvalue weighted by molar-refractivity contribution is -0.138. The van der Waals surface area contributed by atoms with Gasteiger partial charge in [-0.3, -0.25) is 24.5 Å². The van der Waals surface area contributed by atoms with Crippen LogP contribution in [-0.2, 0) is 14.4 Å². The molecule has 3 rings (SSSR count). The van der Waals surface area contributed by atoms with E-state index >= 15 is 0 Å². The average molecular weight is 415 g/mol. The third-order valence-electron chi connectivity index (χ3n) is 5.10. The van der Waals surface area contributed by atoms with E-state index in [1.54, 1.807) is 18.2 Å². The van der Waals surface area contributed by atoms with Gasteiger partial charge in [-0.25, -0.2) is 0 Å². The number of nitrogens with one attached hydrogen (secondary N) is 2. The Morgan fingerprint density at radius 2 is 1.93 bits per heavy atom. The predicted molar refractivity (Wildman–Crippen MR) is 109 cm³/mol. The van der Waals surface area contributed by atoms with Crippen LogP contribution >= 0.6 is 0 Å². The summed E-state index contributed by atoms with van der Waals surface area (Å²) in [4.78, 5) is 47.0. The highest BCUT2D eigenvalue weighted by molar-refractivity contribution is 5.99. The molecule has 1 aliphatic rings. The first kappa shape index (κ1) is 21.4. The van der Waals surface area contributed by atoms with Crippen LogP contribution in [0.3, 0.4) is 0 Å². The highest BCUT2D eigenvalue weighted by Gasteiger charge is 2.30. The molecule has 1 aromatic carbocycles. The summed E-state index contributed by atoms with van der Waals surface area (Å²) in [5, 5.41) is 22.5. The van der Waals surface area contributed by atoms with E-state index in [0.29, 0.717) is 29.6 Å². The molecule has 0 radical (unpaired) electrons. The summed E-state index contributed by atoms with van der Waals surface area (Å²) in [5.41, 5.74) is 0.632. The van der Waals surface area contributed by atoms with Crippen LogP contribution < -0.4 is 16.2 Å². The Bertz CT molecular complexity index is 1000. The largest absolute Gasteiger partial charge is 0.481 e. The molecule has 2 heterocycles. The molecule has 1 saturated heterocycles. The number of amides is 2. The third-order valence-corrected chi connectivity index (χ3v) is 5.10. The van der Waals surface area contributed by atoms with Crippen LogP contribution in [0, 0.1) is 0 Å². The second-order valence-electron chi connectivity index (χ2n) is 7.34. The number of fused-ring (bicyclic) bond motifs is 1. The minimum Gasteiger partial charge on any atom is -0.481 e. The minimum absolute atomic E-state index is 0.148. The molecule has 1 aliphatic heterocycles. The molecule has 0 saturated carbocycles. The molecule has 0 spiro atoms. The molecule has 1 unspecified atom stereocenters. The van der Waals surface area contributed by atoms with Gasteiger partial charge in [0.2, 0.25) is 5.91 Å². The van der Waals surface area contributed by atoms with E-state index in [9.17, 15) is 19.2 Å². The number of rotatable bonds is 10. The molecule has 1 aromatic heterocycles. The van der Waals surface area contributed by atoms with Gasteiger partial charge in [0.05, 0.1) is 5.39 Å². The zero-order valence-electron chi connectivity index (χ0n) is 16.6. The molecule has 2 aromatic rings. The first-order valence-corrected chi connectivity index (χ1v) is 10.1. The molecule has 10 nitrogen and oxygen atoms in total. The van der Waals surface area contributed by atoms with E-state index in [-0.39, 0.29) is 25.2 Å². The smallest absolute Gasteiger partial charge is 0.303 e. The van der Waals surface area contributed by atoms with E-state index in [0.717, 1.165) is 30.4 Å². The molecule has 3 N–H and O–H groups in total. The van der Waals surface area contributed by atoms with Crippen molar-refractivity contribution in [2.45, 2.75) is 57.4 Å². The summed E-state index contributed by atoms with van der Waals surface area (Å²) in [6.45, 7) is 0.651. The fourth-order valence-corrected chi connectivity index (χ4v) is 3.52. The Balaban J connectivity index is 1.65. The number of anilines is 1. The van der Waals surface area contributed by atoms with Gasteiger partial charge in [-0.15, -0.1) is 5.10 Å². The summed E-state index contributed by atoms with van der Waals surface area (Å²) in [6, 6.07) is 4.39. The Morgan fingerprint density at radius 3 is 2.70 bits per heavy atom. The summed E-state index contributed by atoms with van der Waals surface area (Å²) >= 11 is 0. The van der Waals surface area contributed by atoms with E-state index in [2.05, 4.69) is 20.9 Å². The van der Waals surface area contributed by atoms with Crippen LogP contribution in [0.1, 0.15) is 57.4 Å². The number of aliphatic carboxylic acids is 1. The van der Waals surface area contributed by atoms with Crippen LogP contribution in [0.15, 0.2) is 23.0 Å². The highest BCUT2D eigenvalue weighted by Crippen LogP contribution is 2.21. The van der Waals surface area contributed by atoms with E-state index < -0.39 is 23.5 Å². The van der Waals surface area contributed by atoms with Crippen LogP contribution in [0.25, 0.3) is 10.9 Å². The maximum absolute atomic E-state index is 13.0. The predicted octanol–water partition coefficient (Wildman–Crippen LogP) is 1.61. The topological polar surface area (TPSA) is 143 Å². The average Bonchev–Trinajstić information content (AvgIpc) is 2.70. The van der Waals surface area contributed by atoms with Crippen molar-refractivity contribution in [2.24, 2.45) is 0 Å². The number of carboxylic acid groups (broad SMARTS) is 1. The van der Waals surface area contributed by atoms with Crippen molar-refractivity contribution in [1.82, 2.24) is 20.3 Å². The van der Waals surface area contributed by atoms with Crippen molar-refractivity contribution in [3.05, 3.63) is 28.6 Å². The maximum Gasteiger partial charge on any atom is 0.303 e. The number of piperidine rings is 1. The van der Waals surface area contributed by atoms with Gasteiger partial charge in [0.15, 0.2) is 0 Å². The molecule has 30 heavy (non-hydrogen) atoms. The number of nitrogens with zero attached hydrogens (tertiary/aromatic N) is 3. The number of hydrogen-bond donors (Lipinski definition) is 3. The lowest BCUT2D eigenvalue weighted by atomic mass is 10.1. The quantitative estimate of drug-likeness (QED) is 0.392. The van der Waals surface area contributed by atoms with Gasteiger partial charge in [-0.2, -0.15) is 4.68 Å². The van der Waals surface area contributed by atoms with Crippen molar-refractivity contribution < 1.29 is 19.5 Å². The molecule has 1 fully saturated rings. The van der Waals surface area contributed by atoms with Crippen LogP contribution in [0.5, 0.6) is 0 Å². The van der Waals surface area contributed by atoms with Crippen molar-refractivity contribution in [3.63, 3.8) is 0 Å². The van der Waals surface area contributed by atoms with Crippen LogP contribution in [-0.4, -0.2) is 44.4 Å². The van der Waals surface area contributed by atoms with Crippen molar-refractivity contribution >= 4 is 34.4 Å². The molecule has 2 amide bonds. The zero-order valence-corrected chi connectivity index (χ0v) is 16.6. The van der Waals surface area contributed by atoms with Crippen molar-refractivity contribution in [2.75, 3.05) is 11.9 Å². The number of carbonyl (C=O) groups is 3. The van der Waals surface area contributed by atoms with Crippen LogP contribution in [0.4, 0.5) is 5.69 Å². The van der Waals surface area contributed by atoms with Gasteiger partial charge in [-0.1, -0.05) is 30.5 Å². The molecular formula is C20H25N5O5. The van der Waals surface area contributed by atoms with E-state index in [1.807, 2.05) is 0 Å². The first-order valence-electron chi connectivity index (χ1n) is 10.1. The highest BCUT2D eigenvalue weighted by atomic mass is 16.4. The Labute approximate surface area is 172 Å². The van der Waals surface area contributed by atoms with Gasteiger partial charge in [0, 0.05) is 25.1 Å². The number of carbonyl (C=O) groups excluding carboxylic acids is 2. The third kappa shape index (κ3) is 5.19. The number of carboxylic acids is 1. The zero-order chi connectivity index (χ0) is 21.5. The lowest BCUT2D eigenvalue weighted by Gasteiger charge is -2.21. The summed E-state index contributed by atoms with van der Waals surface area (Å²) in [6.07, 6.45) is 4.92. The normalized spacial score (nSPS) is 16.5. The van der Waals surface area contributed by atoms with Crippen molar-refractivity contribution in [3.8, 4) is 0 Å².